The Labute approximate surface area is 114 Å². The van der Waals surface area contributed by atoms with Gasteiger partial charge in [-0.05, 0) is 50.5 Å². The van der Waals surface area contributed by atoms with Crippen molar-refractivity contribution < 1.29 is 4.74 Å². The second-order valence-electron chi connectivity index (χ2n) is 6.62. The lowest BCUT2D eigenvalue weighted by Crippen LogP contribution is -2.29. The van der Waals surface area contributed by atoms with Gasteiger partial charge in [0.05, 0.1) is 6.10 Å². The number of ether oxygens (including phenoxy) is 1. The molecule has 108 valence electrons. The van der Waals surface area contributed by atoms with Gasteiger partial charge < -0.3 is 10.1 Å². The molecule has 1 heterocycles. The third-order valence-electron chi connectivity index (χ3n) is 3.78. The summed E-state index contributed by atoms with van der Waals surface area (Å²) in [5, 5.41) is 3.60. The van der Waals surface area contributed by atoms with Crippen molar-refractivity contribution in [3.05, 3.63) is 0 Å². The minimum atomic E-state index is 0.572. The first-order chi connectivity index (χ1) is 8.58. The van der Waals surface area contributed by atoms with Gasteiger partial charge in [-0.25, -0.2) is 0 Å². The zero-order valence-electron chi connectivity index (χ0n) is 12.9. The standard InChI is InChI=1S/C16H33NO/c1-13(2)11-15(12-17-14(3)4)7-5-8-16-9-6-10-18-16/h13-17H,5-12H2,1-4H3. The van der Waals surface area contributed by atoms with Crippen molar-refractivity contribution in [2.45, 2.75) is 78.4 Å². The number of nitrogens with one attached hydrogen (secondary N) is 1. The van der Waals surface area contributed by atoms with Crippen LogP contribution in [0.1, 0.15) is 66.2 Å². The van der Waals surface area contributed by atoms with Crippen LogP contribution < -0.4 is 5.32 Å². The molecule has 1 rings (SSSR count). The third kappa shape index (κ3) is 7.38. The third-order valence-corrected chi connectivity index (χ3v) is 3.78. The van der Waals surface area contributed by atoms with Crippen molar-refractivity contribution in [1.29, 1.82) is 0 Å². The normalized spacial score (nSPS) is 22.0. The van der Waals surface area contributed by atoms with Gasteiger partial charge in [-0.15, -0.1) is 0 Å². The van der Waals surface area contributed by atoms with E-state index in [2.05, 4.69) is 33.0 Å². The van der Waals surface area contributed by atoms with E-state index < -0.39 is 0 Å². The van der Waals surface area contributed by atoms with Gasteiger partial charge in [0.15, 0.2) is 0 Å². The van der Waals surface area contributed by atoms with E-state index in [0.717, 1.165) is 18.4 Å². The van der Waals surface area contributed by atoms with E-state index in [9.17, 15) is 0 Å². The fraction of sp³-hybridized carbons (Fsp3) is 1.00. The molecule has 0 aromatic heterocycles. The monoisotopic (exact) mass is 255 g/mol. The molecule has 2 nitrogen and oxygen atoms in total. The molecule has 18 heavy (non-hydrogen) atoms. The molecule has 1 saturated heterocycles. The zero-order chi connectivity index (χ0) is 13.4. The summed E-state index contributed by atoms with van der Waals surface area (Å²) >= 11 is 0. The van der Waals surface area contributed by atoms with Crippen molar-refractivity contribution in [3.8, 4) is 0 Å². The zero-order valence-corrected chi connectivity index (χ0v) is 12.9. The second-order valence-corrected chi connectivity index (χ2v) is 6.62. The van der Waals surface area contributed by atoms with Crippen LogP contribution in [-0.2, 0) is 4.74 Å². The average molecular weight is 255 g/mol. The van der Waals surface area contributed by atoms with Gasteiger partial charge in [-0.1, -0.05) is 34.1 Å². The molecular weight excluding hydrogens is 222 g/mol. The molecule has 2 atom stereocenters. The SMILES string of the molecule is CC(C)CC(CCCC1CCCO1)CNC(C)C. The quantitative estimate of drug-likeness (QED) is 0.672. The van der Waals surface area contributed by atoms with Gasteiger partial charge in [0.1, 0.15) is 0 Å². The van der Waals surface area contributed by atoms with Gasteiger partial charge in [-0.3, -0.25) is 0 Å². The van der Waals surface area contributed by atoms with Crippen molar-refractivity contribution in [2.24, 2.45) is 11.8 Å². The van der Waals surface area contributed by atoms with E-state index in [1.165, 1.54) is 45.1 Å². The first kappa shape index (κ1) is 16.0. The highest BCUT2D eigenvalue weighted by Crippen LogP contribution is 2.22. The molecule has 0 spiro atoms. The molecule has 1 fully saturated rings. The summed E-state index contributed by atoms with van der Waals surface area (Å²) in [7, 11) is 0. The average Bonchev–Trinajstić information content (AvgIpc) is 2.77. The highest BCUT2D eigenvalue weighted by atomic mass is 16.5. The summed E-state index contributed by atoms with van der Waals surface area (Å²) in [5.41, 5.74) is 0. The molecule has 0 radical (unpaired) electrons. The fourth-order valence-electron chi connectivity index (χ4n) is 2.88. The minimum absolute atomic E-state index is 0.572. The van der Waals surface area contributed by atoms with Gasteiger partial charge in [0.25, 0.3) is 0 Å². The first-order valence-corrected chi connectivity index (χ1v) is 7.93. The molecule has 2 unspecified atom stereocenters. The molecule has 1 N–H and O–H groups in total. The molecule has 0 saturated carbocycles. The van der Waals surface area contributed by atoms with Crippen LogP contribution in [0.15, 0.2) is 0 Å². The Morgan fingerprint density at radius 2 is 2.00 bits per heavy atom. The Balaban J connectivity index is 2.17. The summed E-state index contributed by atoms with van der Waals surface area (Å²) in [6.07, 6.45) is 8.46. The summed E-state index contributed by atoms with van der Waals surface area (Å²) in [5.74, 6) is 1.65. The fourth-order valence-corrected chi connectivity index (χ4v) is 2.88. The molecule has 1 aliphatic rings. The number of rotatable bonds is 9. The Morgan fingerprint density at radius 3 is 2.56 bits per heavy atom. The van der Waals surface area contributed by atoms with Crippen LogP contribution in [0.5, 0.6) is 0 Å². The van der Waals surface area contributed by atoms with Gasteiger partial charge in [0, 0.05) is 12.6 Å². The maximum Gasteiger partial charge on any atom is 0.0576 e. The summed E-state index contributed by atoms with van der Waals surface area (Å²) in [6, 6.07) is 0.609. The van der Waals surface area contributed by atoms with E-state index >= 15 is 0 Å². The van der Waals surface area contributed by atoms with Crippen molar-refractivity contribution in [3.63, 3.8) is 0 Å². The van der Waals surface area contributed by atoms with Crippen LogP contribution in [0.25, 0.3) is 0 Å². The number of hydrogen-bond acceptors (Lipinski definition) is 2. The summed E-state index contributed by atoms with van der Waals surface area (Å²) in [6.45, 7) is 11.3. The van der Waals surface area contributed by atoms with E-state index in [-0.39, 0.29) is 0 Å². The van der Waals surface area contributed by atoms with Crippen LogP contribution in [0.2, 0.25) is 0 Å². The molecule has 0 amide bonds. The van der Waals surface area contributed by atoms with Gasteiger partial charge in [0.2, 0.25) is 0 Å². The topological polar surface area (TPSA) is 21.3 Å². The van der Waals surface area contributed by atoms with Crippen LogP contribution in [0.4, 0.5) is 0 Å². The lowest BCUT2D eigenvalue weighted by Gasteiger charge is -2.21. The number of hydrogen-bond donors (Lipinski definition) is 1. The van der Waals surface area contributed by atoms with Crippen LogP contribution in [-0.4, -0.2) is 25.3 Å². The molecule has 1 aliphatic heterocycles. The van der Waals surface area contributed by atoms with Crippen molar-refractivity contribution in [2.75, 3.05) is 13.2 Å². The van der Waals surface area contributed by atoms with E-state index in [1.54, 1.807) is 0 Å². The van der Waals surface area contributed by atoms with Gasteiger partial charge >= 0.3 is 0 Å². The van der Waals surface area contributed by atoms with Crippen LogP contribution >= 0.6 is 0 Å². The largest absolute Gasteiger partial charge is 0.378 e. The van der Waals surface area contributed by atoms with E-state index in [0.29, 0.717) is 12.1 Å². The maximum atomic E-state index is 5.70. The molecule has 0 aromatic carbocycles. The van der Waals surface area contributed by atoms with Crippen molar-refractivity contribution in [1.82, 2.24) is 5.32 Å². The highest BCUT2D eigenvalue weighted by Gasteiger charge is 2.17. The lowest BCUT2D eigenvalue weighted by atomic mass is 9.91. The van der Waals surface area contributed by atoms with E-state index in [4.69, 9.17) is 4.74 Å². The predicted octanol–water partition coefficient (Wildman–Crippen LogP) is 4.00. The smallest absolute Gasteiger partial charge is 0.0576 e. The Morgan fingerprint density at radius 1 is 1.22 bits per heavy atom. The van der Waals surface area contributed by atoms with E-state index in [1.807, 2.05) is 0 Å². The van der Waals surface area contributed by atoms with Crippen LogP contribution in [0, 0.1) is 11.8 Å². The highest BCUT2D eigenvalue weighted by molar-refractivity contribution is 4.70. The molecule has 0 bridgehead atoms. The first-order valence-electron chi connectivity index (χ1n) is 7.93. The maximum absolute atomic E-state index is 5.70. The summed E-state index contributed by atoms with van der Waals surface area (Å²) in [4.78, 5) is 0. The Bertz CT molecular complexity index is 197. The second kappa shape index (κ2) is 8.92. The van der Waals surface area contributed by atoms with Crippen LogP contribution in [0.3, 0.4) is 0 Å². The molecule has 0 aliphatic carbocycles. The minimum Gasteiger partial charge on any atom is -0.378 e. The predicted molar refractivity (Wildman–Crippen MR) is 78.9 cm³/mol. The summed E-state index contributed by atoms with van der Waals surface area (Å²) < 4.78 is 5.70. The molecular formula is C16H33NO. The Hall–Kier alpha value is -0.0800. The lowest BCUT2D eigenvalue weighted by molar-refractivity contribution is 0.100. The Kier molecular flexibility index (Phi) is 7.92. The molecule has 0 aromatic rings. The van der Waals surface area contributed by atoms with Gasteiger partial charge in [-0.2, -0.15) is 0 Å². The van der Waals surface area contributed by atoms with Crippen molar-refractivity contribution >= 4 is 0 Å². The molecule has 2 heteroatoms.